The van der Waals surface area contributed by atoms with Gasteiger partial charge in [0, 0.05) is 5.56 Å². The molecule has 4 heteroatoms. The smallest absolute Gasteiger partial charge is 0.179 e. The van der Waals surface area contributed by atoms with Gasteiger partial charge in [-0.3, -0.25) is 4.79 Å². The minimum Gasteiger partial charge on any atom is -0.486 e. The molecule has 1 heterocycles. The molecule has 0 aromatic heterocycles. The first-order valence-electron chi connectivity index (χ1n) is 5.06. The summed E-state index contributed by atoms with van der Waals surface area (Å²) in [6.45, 7) is 2.59. The van der Waals surface area contributed by atoms with Gasteiger partial charge in [-0.15, -0.1) is 0 Å². The second-order valence-corrected chi connectivity index (χ2v) is 3.57. The summed E-state index contributed by atoms with van der Waals surface area (Å²) >= 11 is 0. The average molecular weight is 217 g/mol. The van der Waals surface area contributed by atoms with Crippen molar-refractivity contribution in [3.05, 3.63) is 23.8 Å². The Kier molecular flexibility index (Phi) is 2.78. The highest BCUT2D eigenvalue weighted by molar-refractivity contribution is 5.99. The number of hydrogen-bond acceptors (Lipinski definition) is 4. The van der Waals surface area contributed by atoms with Gasteiger partial charge in [0.2, 0.25) is 0 Å². The number of Topliss-reactive ketones (excluding diaryl/α,β-unsaturated/α-hetero) is 1. The summed E-state index contributed by atoms with van der Waals surface area (Å²) in [5.41, 5.74) is 0.485. The molecule has 1 aliphatic heterocycles. The molecular weight excluding hydrogens is 206 g/mol. The summed E-state index contributed by atoms with van der Waals surface area (Å²) in [6.07, 6.45) is 0. The molecule has 0 fully saturated rings. The normalized spacial score (nSPS) is 15.0. The number of ether oxygens (including phenoxy) is 2. The summed E-state index contributed by atoms with van der Waals surface area (Å²) in [6, 6.07) is 6.91. The Bertz CT molecular complexity index is 462. The van der Waals surface area contributed by atoms with Crippen molar-refractivity contribution >= 4 is 5.78 Å². The van der Waals surface area contributed by atoms with Crippen LogP contribution in [0.2, 0.25) is 0 Å². The Morgan fingerprint density at radius 2 is 2.06 bits per heavy atom. The van der Waals surface area contributed by atoms with Crippen molar-refractivity contribution in [2.45, 2.75) is 6.92 Å². The highest BCUT2D eigenvalue weighted by Gasteiger charge is 2.18. The van der Waals surface area contributed by atoms with Gasteiger partial charge in [0.15, 0.2) is 17.3 Å². The SMILES string of the molecule is CC(C#N)C(=O)c1ccc2c(c1)OCCO2. The van der Waals surface area contributed by atoms with E-state index >= 15 is 0 Å². The number of hydrogen-bond donors (Lipinski definition) is 0. The zero-order valence-electron chi connectivity index (χ0n) is 8.90. The third-order valence-corrected chi connectivity index (χ3v) is 2.41. The van der Waals surface area contributed by atoms with Crippen LogP contribution >= 0.6 is 0 Å². The molecule has 2 rings (SSSR count). The van der Waals surface area contributed by atoms with Crippen LogP contribution in [0, 0.1) is 17.2 Å². The van der Waals surface area contributed by atoms with Gasteiger partial charge in [0.05, 0.1) is 6.07 Å². The van der Waals surface area contributed by atoms with E-state index in [2.05, 4.69) is 0 Å². The molecule has 4 nitrogen and oxygen atoms in total. The predicted molar refractivity (Wildman–Crippen MR) is 56.5 cm³/mol. The Balaban J connectivity index is 2.30. The number of nitriles is 1. The monoisotopic (exact) mass is 217 g/mol. The predicted octanol–water partition coefficient (Wildman–Crippen LogP) is 1.80. The summed E-state index contributed by atoms with van der Waals surface area (Å²) in [5, 5.41) is 8.68. The van der Waals surface area contributed by atoms with E-state index in [1.54, 1.807) is 25.1 Å². The zero-order valence-corrected chi connectivity index (χ0v) is 8.90. The molecule has 1 atom stereocenters. The molecule has 0 aliphatic carbocycles. The van der Waals surface area contributed by atoms with E-state index in [1.165, 1.54) is 0 Å². The molecule has 82 valence electrons. The van der Waals surface area contributed by atoms with E-state index in [0.717, 1.165) is 0 Å². The number of carbonyl (C=O) groups excluding carboxylic acids is 1. The summed E-state index contributed by atoms with van der Waals surface area (Å²) in [4.78, 5) is 11.7. The molecule has 0 saturated carbocycles. The first kappa shape index (κ1) is 10.5. The van der Waals surface area contributed by atoms with Gasteiger partial charge in [-0.25, -0.2) is 0 Å². The summed E-state index contributed by atoms with van der Waals surface area (Å²) in [5.74, 6) is 0.386. The Morgan fingerprint density at radius 1 is 1.38 bits per heavy atom. The van der Waals surface area contributed by atoms with Crippen molar-refractivity contribution < 1.29 is 14.3 Å². The van der Waals surface area contributed by atoms with Crippen molar-refractivity contribution in [3.63, 3.8) is 0 Å². The number of benzene rings is 1. The van der Waals surface area contributed by atoms with Crippen LogP contribution < -0.4 is 9.47 Å². The zero-order chi connectivity index (χ0) is 11.5. The fourth-order valence-corrected chi connectivity index (χ4v) is 1.51. The molecule has 1 aromatic rings. The third-order valence-electron chi connectivity index (χ3n) is 2.41. The van der Waals surface area contributed by atoms with Gasteiger partial charge < -0.3 is 9.47 Å². The van der Waals surface area contributed by atoms with Crippen LogP contribution in [0.5, 0.6) is 11.5 Å². The fraction of sp³-hybridized carbons (Fsp3) is 0.333. The molecule has 0 spiro atoms. The third kappa shape index (κ3) is 1.84. The number of nitrogens with zero attached hydrogens (tertiary/aromatic N) is 1. The number of fused-ring (bicyclic) bond motifs is 1. The van der Waals surface area contributed by atoms with Crippen LogP contribution in [0.1, 0.15) is 17.3 Å². The highest BCUT2D eigenvalue weighted by atomic mass is 16.6. The van der Waals surface area contributed by atoms with Gasteiger partial charge in [0.25, 0.3) is 0 Å². The van der Waals surface area contributed by atoms with Crippen LogP contribution in [0.25, 0.3) is 0 Å². The molecular formula is C12H11NO3. The molecule has 1 unspecified atom stereocenters. The molecule has 0 saturated heterocycles. The first-order chi connectivity index (χ1) is 7.72. The number of ketones is 1. The first-order valence-corrected chi connectivity index (χ1v) is 5.06. The van der Waals surface area contributed by atoms with Gasteiger partial charge in [-0.1, -0.05) is 0 Å². The van der Waals surface area contributed by atoms with E-state index in [1.807, 2.05) is 6.07 Å². The fourth-order valence-electron chi connectivity index (χ4n) is 1.51. The summed E-state index contributed by atoms with van der Waals surface area (Å²) in [7, 11) is 0. The summed E-state index contributed by atoms with van der Waals surface area (Å²) < 4.78 is 10.7. The topological polar surface area (TPSA) is 59.3 Å². The van der Waals surface area contributed by atoms with Crippen molar-refractivity contribution in [2.24, 2.45) is 5.92 Å². The molecule has 1 aromatic carbocycles. The van der Waals surface area contributed by atoms with Crippen molar-refractivity contribution in [1.29, 1.82) is 5.26 Å². The van der Waals surface area contributed by atoms with Crippen LogP contribution in [-0.4, -0.2) is 19.0 Å². The molecule has 0 N–H and O–H groups in total. The molecule has 1 aliphatic rings. The average Bonchev–Trinajstić information content (AvgIpc) is 2.36. The number of carbonyl (C=O) groups is 1. The highest BCUT2D eigenvalue weighted by Crippen LogP contribution is 2.31. The van der Waals surface area contributed by atoms with Gasteiger partial charge in [-0.2, -0.15) is 5.26 Å². The second-order valence-electron chi connectivity index (χ2n) is 3.57. The van der Waals surface area contributed by atoms with Gasteiger partial charge in [-0.05, 0) is 25.1 Å². The Labute approximate surface area is 93.4 Å². The van der Waals surface area contributed by atoms with Crippen LogP contribution in [0.4, 0.5) is 0 Å². The standard InChI is InChI=1S/C12H11NO3/c1-8(7-13)12(14)9-2-3-10-11(6-9)16-5-4-15-10/h2-3,6,8H,4-5H2,1H3. The van der Waals surface area contributed by atoms with E-state index in [4.69, 9.17) is 14.7 Å². The van der Waals surface area contributed by atoms with Crippen molar-refractivity contribution in [1.82, 2.24) is 0 Å². The largest absolute Gasteiger partial charge is 0.486 e. The minimum absolute atomic E-state index is 0.195. The van der Waals surface area contributed by atoms with Crippen molar-refractivity contribution in [3.8, 4) is 17.6 Å². The Hall–Kier alpha value is -2.02. The lowest BCUT2D eigenvalue weighted by molar-refractivity contribution is 0.0955. The lowest BCUT2D eigenvalue weighted by Crippen LogP contribution is -2.16. The maximum absolute atomic E-state index is 11.7. The van der Waals surface area contributed by atoms with Gasteiger partial charge >= 0.3 is 0 Å². The van der Waals surface area contributed by atoms with E-state index < -0.39 is 5.92 Å². The lowest BCUT2D eigenvalue weighted by Gasteiger charge is -2.18. The quantitative estimate of drug-likeness (QED) is 0.709. The van der Waals surface area contributed by atoms with E-state index in [9.17, 15) is 4.79 Å². The van der Waals surface area contributed by atoms with E-state index in [-0.39, 0.29) is 5.78 Å². The van der Waals surface area contributed by atoms with Crippen LogP contribution in [0.3, 0.4) is 0 Å². The minimum atomic E-state index is -0.637. The lowest BCUT2D eigenvalue weighted by atomic mass is 10.0. The second kappa shape index (κ2) is 4.23. The maximum atomic E-state index is 11.7. The van der Waals surface area contributed by atoms with Crippen molar-refractivity contribution in [2.75, 3.05) is 13.2 Å². The van der Waals surface area contributed by atoms with Gasteiger partial charge in [0.1, 0.15) is 19.1 Å². The molecule has 16 heavy (non-hydrogen) atoms. The molecule has 0 amide bonds. The molecule has 0 radical (unpaired) electrons. The van der Waals surface area contributed by atoms with E-state index in [0.29, 0.717) is 30.3 Å². The Morgan fingerprint density at radius 3 is 2.75 bits per heavy atom. The molecule has 0 bridgehead atoms. The van der Waals surface area contributed by atoms with Crippen LogP contribution in [0.15, 0.2) is 18.2 Å². The maximum Gasteiger partial charge on any atom is 0.179 e. The van der Waals surface area contributed by atoms with Crippen LogP contribution in [-0.2, 0) is 0 Å². The number of rotatable bonds is 2.